The molecule has 0 atom stereocenters. The number of halogens is 2. The van der Waals surface area contributed by atoms with Gasteiger partial charge in [0.1, 0.15) is 5.75 Å². The average Bonchev–Trinajstić information content (AvgIpc) is 2.63. The number of piperazine rings is 1. The molecule has 1 heterocycles. The third-order valence-electron chi connectivity index (χ3n) is 4.15. The molecule has 1 aliphatic heterocycles. The third kappa shape index (κ3) is 3.80. The minimum Gasteiger partial charge on any atom is -0.507 e. The number of carbonyl (C=O) groups excluding carboxylic acids is 2. The predicted molar refractivity (Wildman–Crippen MR) is 99.1 cm³/mol. The van der Waals surface area contributed by atoms with Crippen molar-refractivity contribution in [3.05, 3.63) is 63.1 Å². The van der Waals surface area contributed by atoms with Crippen molar-refractivity contribution in [3.8, 4) is 5.75 Å². The van der Waals surface area contributed by atoms with E-state index in [0.717, 1.165) is 4.47 Å². The van der Waals surface area contributed by atoms with Crippen molar-refractivity contribution in [3.63, 3.8) is 0 Å². The van der Waals surface area contributed by atoms with Crippen LogP contribution in [0.25, 0.3) is 0 Å². The number of hydrogen-bond donors (Lipinski definition) is 1. The van der Waals surface area contributed by atoms with Crippen LogP contribution in [0.2, 0.25) is 5.02 Å². The minimum atomic E-state index is -0.247. The Hall–Kier alpha value is -2.05. The van der Waals surface area contributed by atoms with Crippen LogP contribution in [-0.4, -0.2) is 52.9 Å². The lowest BCUT2D eigenvalue weighted by Gasteiger charge is -2.35. The lowest BCUT2D eigenvalue weighted by molar-refractivity contribution is 0.0533. The number of nitrogens with zero attached hydrogens (tertiary/aromatic N) is 2. The number of aromatic hydroxyl groups is 1. The van der Waals surface area contributed by atoms with Gasteiger partial charge in [-0.1, -0.05) is 39.7 Å². The van der Waals surface area contributed by atoms with Crippen LogP contribution in [0.1, 0.15) is 20.7 Å². The van der Waals surface area contributed by atoms with Crippen LogP contribution in [0.15, 0.2) is 46.9 Å². The van der Waals surface area contributed by atoms with Gasteiger partial charge in [0.2, 0.25) is 0 Å². The molecule has 1 aliphatic rings. The summed E-state index contributed by atoms with van der Waals surface area (Å²) >= 11 is 9.39. The topological polar surface area (TPSA) is 60.9 Å². The lowest BCUT2D eigenvalue weighted by atomic mass is 10.1. The van der Waals surface area contributed by atoms with Gasteiger partial charge < -0.3 is 14.9 Å². The van der Waals surface area contributed by atoms with Gasteiger partial charge in [-0.3, -0.25) is 9.59 Å². The van der Waals surface area contributed by atoms with Gasteiger partial charge in [0.05, 0.1) is 16.1 Å². The van der Waals surface area contributed by atoms with E-state index in [1.165, 1.54) is 6.07 Å². The normalized spacial score (nSPS) is 14.5. The van der Waals surface area contributed by atoms with Crippen molar-refractivity contribution in [2.45, 2.75) is 0 Å². The zero-order valence-corrected chi connectivity index (χ0v) is 15.6. The van der Waals surface area contributed by atoms with Crippen molar-refractivity contribution < 1.29 is 14.7 Å². The standard InChI is InChI=1S/C18H16BrClN2O3/c19-12-5-6-16(23)14(11-12)18(25)22-9-7-21(8-10-22)17(24)13-3-1-2-4-15(13)20/h1-6,11,23H,7-10H2. The molecule has 25 heavy (non-hydrogen) atoms. The number of phenolic OH excluding ortho intramolecular Hbond substituents is 1. The minimum absolute atomic E-state index is 0.0530. The Balaban J connectivity index is 1.68. The first-order chi connectivity index (χ1) is 12.0. The molecule has 2 aromatic carbocycles. The molecule has 0 bridgehead atoms. The van der Waals surface area contributed by atoms with Crippen molar-refractivity contribution >= 4 is 39.3 Å². The molecule has 2 amide bonds. The molecule has 5 nitrogen and oxygen atoms in total. The molecule has 2 aromatic rings. The first-order valence-corrected chi connectivity index (χ1v) is 8.96. The Bertz CT molecular complexity index is 820. The number of benzene rings is 2. The number of amides is 2. The van der Waals surface area contributed by atoms with E-state index in [1.54, 1.807) is 46.2 Å². The molecule has 3 rings (SSSR count). The summed E-state index contributed by atoms with van der Waals surface area (Å²) in [6, 6.07) is 11.7. The molecule has 0 saturated carbocycles. The van der Waals surface area contributed by atoms with Gasteiger partial charge >= 0.3 is 0 Å². The highest BCUT2D eigenvalue weighted by Crippen LogP contribution is 2.24. The second-order valence-corrected chi connectivity index (χ2v) is 7.05. The molecule has 1 fully saturated rings. The van der Waals surface area contributed by atoms with Gasteiger partial charge in [0.15, 0.2) is 0 Å². The van der Waals surface area contributed by atoms with Crippen LogP contribution in [0.4, 0.5) is 0 Å². The largest absolute Gasteiger partial charge is 0.507 e. The summed E-state index contributed by atoms with van der Waals surface area (Å²) in [7, 11) is 0. The highest BCUT2D eigenvalue weighted by molar-refractivity contribution is 9.10. The predicted octanol–water partition coefficient (Wildman–Crippen LogP) is 3.41. The number of hydrogen-bond acceptors (Lipinski definition) is 3. The Labute approximate surface area is 158 Å². The van der Waals surface area contributed by atoms with E-state index < -0.39 is 0 Å². The number of phenols is 1. The van der Waals surface area contributed by atoms with Crippen LogP contribution in [0.3, 0.4) is 0 Å². The molecule has 0 aromatic heterocycles. The Morgan fingerprint density at radius 2 is 1.48 bits per heavy atom. The zero-order valence-electron chi connectivity index (χ0n) is 13.3. The Kier molecular flexibility index (Phi) is 5.30. The van der Waals surface area contributed by atoms with Crippen LogP contribution >= 0.6 is 27.5 Å². The molecule has 0 spiro atoms. The maximum absolute atomic E-state index is 12.6. The smallest absolute Gasteiger partial charge is 0.257 e. The van der Waals surface area contributed by atoms with Crippen molar-refractivity contribution in [1.82, 2.24) is 9.80 Å². The quantitative estimate of drug-likeness (QED) is 0.805. The first kappa shape index (κ1) is 17.8. The molecular formula is C18H16BrClN2O3. The van der Waals surface area contributed by atoms with Gasteiger partial charge in [0, 0.05) is 30.7 Å². The molecule has 7 heteroatoms. The van der Waals surface area contributed by atoms with E-state index in [0.29, 0.717) is 36.8 Å². The second kappa shape index (κ2) is 7.45. The monoisotopic (exact) mass is 422 g/mol. The Morgan fingerprint density at radius 3 is 2.08 bits per heavy atom. The van der Waals surface area contributed by atoms with Gasteiger partial charge in [-0.25, -0.2) is 0 Å². The van der Waals surface area contributed by atoms with Crippen LogP contribution in [0.5, 0.6) is 5.75 Å². The summed E-state index contributed by atoms with van der Waals surface area (Å²) < 4.78 is 0.723. The van der Waals surface area contributed by atoms with Crippen molar-refractivity contribution in [2.75, 3.05) is 26.2 Å². The maximum atomic E-state index is 12.6. The third-order valence-corrected chi connectivity index (χ3v) is 4.97. The van der Waals surface area contributed by atoms with Crippen LogP contribution in [-0.2, 0) is 0 Å². The van der Waals surface area contributed by atoms with Crippen molar-refractivity contribution in [2.24, 2.45) is 0 Å². The average molecular weight is 424 g/mol. The lowest BCUT2D eigenvalue weighted by Crippen LogP contribution is -2.50. The maximum Gasteiger partial charge on any atom is 0.257 e. The molecule has 1 N–H and O–H groups in total. The van der Waals surface area contributed by atoms with E-state index in [1.807, 2.05) is 0 Å². The summed E-state index contributed by atoms with van der Waals surface area (Å²) in [6.45, 7) is 1.65. The zero-order chi connectivity index (χ0) is 18.0. The van der Waals surface area contributed by atoms with E-state index >= 15 is 0 Å². The summed E-state index contributed by atoms with van der Waals surface area (Å²) in [5.74, 6) is -0.436. The molecular weight excluding hydrogens is 408 g/mol. The summed E-state index contributed by atoms with van der Waals surface area (Å²) in [5.41, 5.74) is 0.717. The van der Waals surface area contributed by atoms with E-state index in [-0.39, 0.29) is 23.1 Å². The molecule has 0 unspecified atom stereocenters. The van der Waals surface area contributed by atoms with Gasteiger partial charge in [-0.05, 0) is 30.3 Å². The Morgan fingerprint density at radius 1 is 0.920 bits per heavy atom. The summed E-state index contributed by atoms with van der Waals surface area (Å²) in [4.78, 5) is 28.5. The van der Waals surface area contributed by atoms with Crippen LogP contribution < -0.4 is 0 Å². The van der Waals surface area contributed by atoms with E-state index in [2.05, 4.69) is 15.9 Å². The fourth-order valence-electron chi connectivity index (χ4n) is 2.77. The fraction of sp³-hybridized carbons (Fsp3) is 0.222. The van der Waals surface area contributed by atoms with Gasteiger partial charge in [-0.2, -0.15) is 0 Å². The molecule has 1 saturated heterocycles. The van der Waals surface area contributed by atoms with Crippen molar-refractivity contribution in [1.29, 1.82) is 0 Å². The van der Waals surface area contributed by atoms with E-state index in [4.69, 9.17) is 11.6 Å². The van der Waals surface area contributed by atoms with Gasteiger partial charge in [0.25, 0.3) is 11.8 Å². The van der Waals surface area contributed by atoms with Gasteiger partial charge in [-0.15, -0.1) is 0 Å². The number of rotatable bonds is 2. The SMILES string of the molecule is O=C(c1cc(Br)ccc1O)N1CCN(C(=O)c2ccccc2Cl)CC1. The van der Waals surface area contributed by atoms with E-state index in [9.17, 15) is 14.7 Å². The first-order valence-electron chi connectivity index (χ1n) is 7.79. The highest BCUT2D eigenvalue weighted by atomic mass is 79.9. The summed E-state index contributed by atoms with van der Waals surface area (Å²) in [5, 5.41) is 10.3. The fourth-order valence-corrected chi connectivity index (χ4v) is 3.35. The second-order valence-electron chi connectivity index (χ2n) is 5.73. The number of carbonyl (C=O) groups is 2. The molecule has 0 radical (unpaired) electrons. The highest BCUT2D eigenvalue weighted by Gasteiger charge is 2.27. The van der Waals surface area contributed by atoms with Crippen LogP contribution in [0, 0.1) is 0 Å². The molecule has 130 valence electrons. The molecule has 0 aliphatic carbocycles. The summed E-state index contributed by atoms with van der Waals surface area (Å²) in [6.07, 6.45) is 0.